The van der Waals surface area contributed by atoms with Crippen LogP contribution in [-0.4, -0.2) is 29.7 Å². The van der Waals surface area contributed by atoms with Gasteiger partial charge in [-0.1, -0.05) is 42.5 Å². The van der Waals surface area contributed by atoms with Gasteiger partial charge < -0.3 is 10.1 Å². The van der Waals surface area contributed by atoms with Crippen LogP contribution < -0.4 is 0 Å². The molecule has 1 heterocycles. The minimum Gasteiger partial charge on any atom is -0.507 e. The van der Waals surface area contributed by atoms with Gasteiger partial charge in [0.15, 0.2) is 9.84 Å². The zero-order valence-corrected chi connectivity index (χ0v) is 14.8. The summed E-state index contributed by atoms with van der Waals surface area (Å²) >= 11 is 0. The van der Waals surface area contributed by atoms with Crippen LogP contribution in [0.25, 0.3) is 33.5 Å². The van der Waals surface area contributed by atoms with Crippen molar-refractivity contribution in [3.05, 3.63) is 66.7 Å². The monoisotopic (exact) mass is 364 g/mol. The zero-order valence-electron chi connectivity index (χ0n) is 14.0. The number of H-pyrrole nitrogens is 1. The molecular formula is C20H16N2O3S. The Morgan fingerprint density at radius 2 is 1.62 bits per heavy atom. The fourth-order valence-electron chi connectivity index (χ4n) is 2.88. The summed E-state index contributed by atoms with van der Waals surface area (Å²) in [5, 5.41) is 9.97. The molecule has 0 aliphatic carbocycles. The second-order valence-electron chi connectivity index (χ2n) is 6.13. The Morgan fingerprint density at radius 1 is 0.923 bits per heavy atom. The van der Waals surface area contributed by atoms with E-state index in [9.17, 15) is 13.5 Å². The highest BCUT2D eigenvalue weighted by Crippen LogP contribution is 2.30. The molecule has 4 aromatic rings. The second-order valence-corrected chi connectivity index (χ2v) is 8.15. The summed E-state index contributed by atoms with van der Waals surface area (Å²) in [6.45, 7) is 0. The highest BCUT2D eigenvalue weighted by atomic mass is 32.2. The molecule has 0 radical (unpaired) electrons. The molecule has 2 N–H and O–H groups in total. The number of nitrogens with zero attached hydrogens (tertiary/aromatic N) is 1. The molecule has 0 saturated heterocycles. The van der Waals surface area contributed by atoms with Crippen LogP contribution in [0.2, 0.25) is 0 Å². The van der Waals surface area contributed by atoms with Crippen LogP contribution in [0.1, 0.15) is 0 Å². The van der Waals surface area contributed by atoms with Gasteiger partial charge in [-0.3, -0.25) is 0 Å². The van der Waals surface area contributed by atoms with E-state index in [0.717, 1.165) is 16.7 Å². The van der Waals surface area contributed by atoms with Gasteiger partial charge >= 0.3 is 0 Å². The maximum atomic E-state index is 11.7. The Hall–Kier alpha value is -3.12. The molecule has 0 fully saturated rings. The Kier molecular flexibility index (Phi) is 3.77. The smallest absolute Gasteiger partial charge is 0.175 e. The summed E-state index contributed by atoms with van der Waals surface area (Å²) in [5.41, 5.74) is 3.93. The number of hydrogen-bond donors (Lipinski definition) is 2. The van der Waals surface area contributed by atoms with Gasteiger partial charge in [0, 0.05) is 17.4 Å². The molecule has 0 spiro atoms. The molecule has 0 aliphatic heterocycles. The summed E-state index contributed by atoms with van der Waals surface area (Å²) in [5.74, 6) is 0.895. The van der Waals surface area contributed by atoms with Crippen molar-refractivity contribution in [1.82, 2.24) is 9.97 Å². The van der Waals surface area contributed by atoms with Gasteiger partial charge in [-0.15, -0.1) is 0 Å². The quantitative estimate of drug-likeness (QED) is 0.575. The Morgan fingerprint density at radius 3 is 2.31 bits per heavy atom. The predicted molar refractivity (Wildman–Crippen MR) is 102 cm³/mol. The van der Waals surface area contributed by atoms with Crippen LogP contribution in [0, 0.1) is 0 Å². The lowest BCUT2D eigenvalue weighted by Gasteiger charge is -2.05. The van der Waals surface area contributed by atoms with Gasteiger partial charge in [0.2, 0.25) is 0 Å². The minimum absolute atomic E-state index is 0.234. The van der Waals surface area contributed by atoms with Gasteiger partial charge in [0.05, 0.1) is 15.9 Å². The van der Waals surface area contributed by atoms with E-state index in [0.29, 0.717) is 16.9 Å². The van der Waals surface area contributed by atoms with Crippen molar-refractivity contribution in [3.63, 3.8) is 0 Å². The van der Waals surface area contributed by atoms with E-state index in [2.05, 4.69) is 9.97 Å². The Balaban J connectivity index is 1.73. The summed E-state index contributed by atoms with van der Waals surface area (Å²) in [6, 6.07) is 19.7. The van der Waals surface area contributed by atoms with E-state index in [1.807, 2.05) is 36.4 Å². The number of aromatic nitrogens is 2. The first kappa shape index (κ1) is 16.4. The average Bonchev–Trinajstić information content (AvgIpc) is 3.05. The van der Waals surface area contributed by atoms with E-state index >= 15 is 0 Å². The van der Waals surface area contributed by atoms with Gasteiger partial charge in [0.25, 0.3) is 0 Å². The van der Waals surface area contributed by atoms with Crippen molar-refractivity contribution in [3.8, 4) is 28.3 Å². The number of benzene rings is 3. The first-order valence-corrected chi connectivity index (χ1v) is 9.89. The first-order valence-electron chi connectivity index (χ1n) is 8.00. The number of nitrogens with one attached hydrogen (secondary N) is 1. The number of sulfone groups is 1. The molecule has 0 unspecified atom stereocenters. The van der Waals surface area contributed by atoms with Crippen molar-refractivity contribution >= 4 is 20.9 Å². The molecule has 4 rings (SSSR count). The number of phenols is 1. The second kappa shape index (κ2) is 6.00. The summed E-state index contributed by atoms with van der Waals surface area (Å²) in [6.07, 6.45) is 1.18. The van der Waals surface area contributed by atoms with Gasteiger partial charge in [0.1, 0.15) is 11.6 Å². The van der Waals surface area contributed by atoms with E-state index in [1.165, 1.54) is 6.26 Å². The third-order valence-corrected chi connectivity index (χ3v) is 5.37. The number of fused-ring (bicyclic) bond motifs is 1. The number of hydrogen-bond acceptors (Lipinski definition) is 4. The maximum absolute atomic E-state index is 11.7. The molecule has 0 amide bonds. The van der Waals surface area contributed by atoms with Crippen molar-refractivity contribution in [2.45, 2.75) is 4.90 Å². The lowest BCUT2D eigenvalue weighted by atomic mass is 10.0. The third-order valence-electron chi connectivity index (χ3n) is 4.25. The van der Waals surface area contributed by atoms with E-state index < -0.39 is 9.84 Å². The van der Waals surface area contributed by atoms with E-state index in [1.54, 1.807) is 30.3 Å². The largest absolute Gasteiger partial charge is 0.507 e. The highest BCUT2D eigenvalue weighted by Gasteiger charge is 2.11. The van der Waals surface area contributed by atoms with Crippen LogP contribution in [0.4, 0.5) is 0 Å². The lowest BCUT2D eigenvalue weighted by molar-refractivity contribution is 0.477. The van der Waals surface area contributed by atoms with E-state index in [-0.39, 0.29) is 10.6 Å². The fourth-order valence-corrected chi connectivity index (χ4v) is 3.53. The lowest BCUT2D eigenvalue weighted by Crippen LogP contribution is -1.96. The number of para-hydroxylation sites is 1. The van der Waals surface area contributed by atoms with Crippen LogP contribution in [0.15, 0.2) is 71.6 Å². The molecule has 1 aromatic heterocycles. The van der Waals surface area contributed by atoms with Crippen molar-refractivity contribution < 1.29 is 13.5 Å². The molecule has 3 aromatic carbocycles. The van der Waals surface area contributed by atoms with E-state index in [4.69, 9.17) is 0 Å². The summed E-state index contributed by atoms with van der Waals surface area (Å²) in [7, 11) is -3.26. The zero-order chi connectivity index (χ0) is 18.3. The van der Waals surface area contributed by atoms with Crippen LogP contribution >= 0.6 is 0 Å². The fraction of sp³-hybridized carbons (Fsp3) is 0.0500. The molecular weight excluding hydrogens is 348 g/mol. The van der Waals surface area contributed by atoms with Crippen LogP contribution in [0.3, 0.4) is 0 Å². The molecule has 5 nitrogen and oxygen atoms in total. The molecule has 0 bridgehead atoms. The van der Waals surface area contributed by atoms with Crippen LogP contribution in [-0.2, 0) is 9.84 Å². The van der Waals surface area contributed by atoms with Crippen LogP contribution in [0.5, 0.6) is 5.75 Å². The number of aromatic hydroxyl groups is 1. The van der Waals surface area contributed by atoms with Gasteiger partial charge in [-0.25, -0.2) is 13.4 Å². The van der Waals surface area contributed by atoms with Crippen molar-refractivity contribution in [1.29, 1.82) is 0 Å². The molecule has 130 valence electrons. The maximum Gasteiger partial charge on any atom is 0.175 e. The third kappa shape index (κ3) is 2.95. The number of aromatic amines is 1. The normalized spacial score (nSPS) is 11.7. The van der Waals surface area contributed by atoms with Crippen molar-refractivity contribution in [2.75, 3.05) is 6.26 Å². The summed E-state index contributed by atoms with van der Waals surface area (Å²) < 4.78 is 23.4. The average molecular weight is 364 g/mol. The molecule has 0 saturated carbocycles. The number of phenolic OH excluding ortho intramolecular Hbond substituents is 1. The minimum atomic E-state index is -3.26. The molecule has 26 heavy (non-hydrogen) atoms. The van der Waals surface area contributed by atoms with Crippen molar-refractivity contribution in [2.24, 2.45) is 0 Å². The van der Waals surface area contributed by atoms with Gasteiger partial charge in [-0.05, 0) is 29.8 Å². The van der Waals surface area contributed by atoms with Gasteiger partial charge in [-0.2, -0.15) is 0 Å². The molecule has 6 heteroatoms. The number of rotatable bonds is 3. The Labute approximate surface area is 150 Å². The summed E-state index contributed by atoms with van der Waals surface area (Å²) in [4.78, 5) is 7.96. The predicted octanol–water partition coefficient (Wildman–Crippen LogP) is 4.01. The number of imidazole rings is 1. The SMILES string of the molecule is CS(=O)(=O)c1ccc2nc(-c3ccc(-c4ccccc4O)cc3)[nH]c2c1. The first-order chi connectivity index (χ1) is 12.4. The topological polar surface area (TPSA) is 83.1 Å². The standard InChI is InChI=1S/C20H16N2O3S/c1-26(24,25)15-10-11-17-18(12-15)22-20(21-17)14-8-6-13(7-9-14)16-4-2-3-5-19(16)23/h2-12,23H,1H3,(H,21,22). The Bertz CT molecular complexity index is 1210. The highest BCUT2D eigenvalue weighted by molar-refractivity contribution is 7.90. The molecule has 0 aliphatic rings. The molecule has 0 atom stereocenters.